The maximum Gasteiger partial charge on any atom is 0.255 e. The van der Waals surface area contributed by atoms with Crippen molar-refractivity contribution in [2.75, 3.05) is 7.11 Å². The van der Waals surface area contributed by atoms with E-state index in [1.165, 1.54) is 0 Å². The molecule has 17 heavy (non-hydrogen) atoms. The Morgan fingerprint density at radius 3 is 2.53 bits per heavy atom. The number of carbonyl (C=O) groups excluding carboxylic acids is 1. The van der Waals surface area contributed by atoms with Gasteiger partial charge in [-0.15, -0.1) is 0 Å². The molecule has 0 bridgehead atoms. The number of rotatable bonds is 4. The van der Waals surface area contributed by atoms with E-state index in [-0.39, 0.29) is 5.92 Å². The predicted molar refractivity (Wildman–Crippen MR) is 66.3 cm³/mol. The van der Waals surface area contributed by atoms with E-state index < -0.39 is 11.9 Å². The number of methoxy groups -OCH3 is 1. The second-order valence-electron chi connectivity index (χ2n) is 4.14. The van der Waals surface area contributed by atoms with Crippen LogP contribution in [0, 0.1) is 0 Å². The molecule has 1 unspecified atom stereocenters. The summed E-state index contributed by atoms with van der Waals surface area (Å²) in [6.45, 7) is 4.10. The van der Waals surface area contributed by atoms with Gasteiger partial charge in [-0.2, -0.15) is 0 Å². The number of hydrazine groups is 1. The fourth-order valence-electron chi connectivity index (χ4n) is 1.64. The van der Waals surface area contributed by atoms with Gasteiger partial charge >= 0.3 is 0 Å². The highest BCUT2D eigenvalue weighted by molar-refractivity contribution is 5.82. The van der Waals surface area contributed by atoms with Crippen LogP contribution in [0.25, 0.3) is 0 Å². The number of hydrogen-bond acceptors (Lipinski definition) is 4. The van der Waals surface area contributed by atoms with Crippen molar-refractivity contribution < 1.29 is 9.53 Å². The van der Waals surface area contributed by atoms with Gasteiger partial charge in [-0.05, 0) is 29.2 Å². The van der Waals surface area contributed by atoms with Crippen molar-refractivity contribution in [3.05, 3.63) is 29.3 Å². The number of nitrogens with two attached hydrogens (primary N) is 2. The molecule has 0 aliphatic rings. The normalized spacial score (nSPS) is 12.4. The van der Waals surface area contributed by atoms with Gasteiger partial charge in [0.1, 0.15) is 11.8 Å². The van der Waals surface area contributed by atoms with E-state index in [9.17, 15) is 4.79 Å². The van der Waals surface area contributed by atoms with E-state index in [4.69, 9.17) is 16.3 Å². The molecule has 0 spiro atoms. The van der Waals surface area contributed by atoms with Gasteiger partial charge in [0.05, 0.1) is 7.11 Å². The van der Waals surface area contributed by atoms with Crippen LogP contribution in [0.5, 0.6) is 5.75 Å². The highest BCUT2D eigenvalue weighted by atomic mass is 16.5. The Hall–Kier alpha value is -1.59. The summed E-state index contributed by atoms with van der Waals surface area (Å²) >= 11 is 0. The standard InChI is InChI=1S/C12H19N3O2/c1-7(2)9-6-8(4-5-10(9)17-3)11(13)12(16)15-14/h4-7,11H,13-14H2,1-3H3,(H,15,16). The van der Waals surface area contributed by atoms with Crippen molar-refractivity contribution in [1.29, 1.82) is 0 Å². The van der Waals surface area contributed by atoms with Gasteiger partial charge in [-0.1, -0.05) is 19.9 Å². The molecule has 0 aliphatic heterocycles. The molecule has 0 saturated carbocycles. The minimum Gasteiger partial charge on any atom is -0.496 e. The van der Waals surface area contributed by atoms with E-state index >= 15 is 0 Å². The molecule has 5 N–H and O–H groups in total. The zero-order chi connectivity index (χ0) is 13.0. The lowest BCUT2D eigenvalue weighted by molar-refractivity contribution is -0.122. The lowest BCUT2D eigenvalue weighted by Crippen LogP contribution is -2.38. The van der Waals surface area contributed by atoms with Gasteiger partial charge < -0.3 is 10.5 Å². The average molecular weight is 237 g/mol. The highest BCUT2D eigenvalue weighted by Gasteiger charge is 2.17. The number of carbonyl (C=O) groups is 1. The van der Waals surface area contributed by atoms with Gasteiger partial charge in [0, 0.05) is 0 Å². The molecule has 0 fully saturated rings. The maximum absolute atomic E-state index is 11.4. The third-order valence-corrected chi connectivity index (χ3v) is 2.66. The first-order valence-corrected chi connectivity index (χ1v) is 5.45. The summed E-state index contributed by atoms with van der Waals surface area (Å²) in [5.74, 6) is 5.73. The van der Waals surface area contributed by atoms with Gasteiger partial charge in [0.2, 0.25) is 0 Å². The number of hydrogen-bond donors (Lipinski definition) is 3. The number of nitrogens with one attached hydrogen (secondary N) is 1. The predicted octanol–water partition coefficient (Wildman–Crippen LogP) is 0.808. The van der Waals surface area contributed by atoms with Crippen LogP contribution in [-0.2, 0) is 4.79 Å². The van der Waals surface area contributed by atoms with Gasteiger partial charge in [-0.25, -0.2) is 5.84 Å². The maximum atomic E-state index is 11.4. The van der Waals surface area contributed by atoms with Crippen LogP contribution in [-0.4, -0.2) is 13.0 Å². The molecule has 0 heterocycles. The molecule has 0 radical (unpaired) electrons. The van der Waals surface area contributed by atoms with Crippen LogP contribution in [0.15, 0.2) is 18.2 Å². The second-order valence-corrected chi connectivity index (χ2v) is 4.14. The Morgan fingerprint density at radius 1 is 1.41 bits per heavy atom. The Morgan fingerprint density at radius 2 is 2.06 bits per heavy atom. The van der Waals surface area contributed by atoms with Crippen molar-refractivity contribution in [2.24, 2.45) is 11.6 Å². The van der Waals surface area contributed by atoms with E-state index in [0.717, 1.165) is 16.9 Å². The smallest absolute Gasteiger partial charge is 0.255 e. The van der Waals surface area contributed by atoms with E-state index in [1.807, 2.05) is 17.6 Å². The Kier molecular flexibility index (Phi) is 4.48. The Bertz CT molecular complexity index is 405. The number of amides is 1. The van der Waals surface area contributed by atoms with Gasteiger partial charge in [-0.3, -0.25) is 10.2 Å². The third kappa shape index (κ3) is 2.95. The molecule has 1 aromatic rings. The van der Waals surface area contributed by atoms with Crippen LogP contribution in [0.3, 0.4) is 0 Å². The first kappa shape index (κ1) is 13.5. The van der Waals surface area contributed by atoms with Crippen LogP contribution < -0.4 is 21.7 Å². The van der Waals surface area contributed by atoms with Crippen LogP contribution in [0.4, 0.5) is 0 Å². The molecule has 1 aromatic carbocycles. The summed E-state index contributed by atoms with van der Waals surface area (Å²) in [4.78, 5) is 11.4. The Labute approximate surface area is 101 Å². The summed E-state index contributed by atoms with van der Waals surface area (Å²) in [6.07, 6.45) is 0. The molecule has 0 aliphatic carbocycles. The zero-order valence-corrected chi connectivity index (χ0v) is 10.4. The lowest BCUT2D eigenvalue weighted by atomic mass is 9.96. The molecular formula is C12H19N3O2. The summed E-state index contributed by atoms with van der Waals surface area (Å²) in [5, 5.41) is 0. The molecule has 0 saturated heterocycles. The number of ether oxygens (including phenoxy) is 1. The van der Waals surface area contributed by atoms with Crippen LogP contribution >= 0.6 is 0 Å². The molecule has 94 valence electrons. The van der Waals surface area contributed by atoms with Crippen molar-refractivity contribution in [2.45, 2.75) is 25.8 Å². The Balaban J connectivity index is 3.12. The lowest BCUT2D eigenvalue weighted by Gasteiger charge is -2.16. The average Bonchev–Trinajstić information content (AvgIpc) is 2.35. The molecule has 1 amide bonds. The molecular weight excluding hydrogens is 218 g/mol. The van der Waals surface area contributed by atoms with Gasteiger partial charge in [0.15, 0.2) is 0 Å². The van der Waals surface area contributed by atoms with Crippen LogP contribution in [0.2, 0.25) is 0 Å². The summed E-state index contributed by atoms with van der Waals surface area (Å²) in [6, 6.07) is 4.70. The van der Waals surface area contributed by atoms with E-state index in [1.54, 1.807) is 13.2 Å². The molecule has 5 nitrogen and oxygen atoms in total. The van der Waals surface area contributed by atoms with Crippen molar-refractivity contribution in [3.8, 4) is 5.75 Å². The van der Waals surface area contributed by atoms with Crippen LogP contribution in [0.1, 0.15) is 36.9 Å². The van der Waals surface area contributed by atoms with Gasteiger partial charge in [0.25, 0.3) is 5.91 Å². The van der Waals surface area contributed by atoms with E-state index in [2.05, 4.69) is 13.8 Å². The molecule has 0 aromatic heterocycles. The minimum absolute atomic E-state index is 0.290. The monoisotopic (exact) mass is 237 g/mol. The van der Waals surface area contributed by atoms with Crippen molar-refractivity contribution in [1.82, 2.24) is 5.43 Å². The third-order valence-electron chi connectivity index (χ3n) is 2.66. The SMILES string of the molecule is COc1ccc(C(N)C(=O)NN)cc1C(C)C. The first-order valence-electron chi connectivity index (χ1n) is 5.45. The minimum atomic E-state index is -0.761. The quantitative estimate of drug-likeness (QED) is 0.410. The second kappa shape index (κ2) is 5.65. The summed E-state index contributed by atoms with van der Waals surface area (Å²) in [5.41, 5.74) is 9.56. The van der Waals surface area contributed by atoms with E-state index in [0.29, 0.717) is 0 Å². The first-order chi connectivity index (χ1) is 8.01. The number of benzene rings is 1. The fraction of sp³-hybridized carbons (Fsp3) is 0.417. The molecule has 5 heteroatoms. The fourth-order valence-corrected chi connectivity index (χ4v) is 1.64. The molecule has 1 rings (SSSR count). The van der Waals surface area contributed by atoms with Crippen molar-refractivity contribution >= 4 is 5.91 Å². The summed E-state index contributed by atoms with van der Waals surface area (Å²) < 4.78 is 5.26. The zero-order valence-electron chi connectivity index (χ0n) is 10.4. The van der Waals surface area contributed by atoms with Crippen molar-refractivity contribution in [3.63, 3.8) is 0 Å². The summed E-state index contributed by atoms with van der Waals surface area (Å²) in [7, 11) is 1.62. The largest absolute Gasteiger partial charge is 0.496 e. The highest BCUT2D eigenvalue weighted by Crippen LogP contribution is 2.28. The molecule has 1 atom stereocenters. The topological polar surface area (TPSA) is 90.4 Å².